The predicted molar refractivity (Wildman–Crippen MR) is 156 cm³/mol. The third kappa shape index (κ3) is 4.72. The van der Waals surface area contributed by atoms with Crippen molar-refractivity contribution in [2.24, 2.45) is 0 Å². The molecule has 0 radical (unpaired) electrons. The first kappa shape index (κ1) is 24.4. The number of rotatable bonds is 6. The van der Waals surface area contributed by atoms with Crippen molar-refractivity contribution in [2.75, 3.05) is 12.0 Å². The van der Waals surface area contributed by atoms with E-state index in [0.29, 0.717) is 11.3 Å². The Labute approximate surface area is 223 Å². The number of hydrogen-bond donors (Lipinski definition) is 0. The molecule has 4 nitrogen and oxygen atoms in total. The molecular weight excluding hydrogens is 466 g/mol. The number of hydrogen-bond acceptors (Lipinski definition) is 3. The van der Waals surface area contributed by atoms with E-state index in [1.807, 2.05) is 85.8 Å². The SMILES string of the molecule is [C-]#[N+]c1c(C=Cc2ccc(N(c3ccccc3)c3ccc(OC)cc3)cc2)ccc2c(C#N)c(C)ccc12. The van der Waals surface area contributed by atoms with Gasteiger partial charge in [-0.1, -0.05) is 66.7 Å². The smallest absolute Gasteiger partial charge is 0.202 e. The van der Waals surface area contributed by atoms with Crippen molar-refractivity contribution in [1.29, 1.82) is 5.26 Å². The van der Waals surface area contributed by atoms with Crippen LogP contribution in [0.25, 0.3) is 27.8 Å². The number of para-hydroxylation sites is 1. The highest BCUT2D eigenvalue weighted by Gasteiger charge is 2.13. The van der Waals surface area contributed by atoms with Gasteiger partial charge >= 0.3 is 0 Å². The van der Waals surface area contributed by atoms with Crippen LogP contribution in [-0.4, -0.2) is 7.11 Å². The van der Waals surface area contributed by atoms with E-state index in [0.717, 1.165) is 50.3 Å². The zero-order valence-electron chi connectivity index (χ0n) is 21.2. The molecule has 0 fully saturated rings. The molecule has 0 saturated carbocycles. The number of nitrogens with zero attached hydrogens (tertiary/aromatic N) is 3. The van der Waals surface area contributed by atoms with Crippen LogP contribution in [0.5, 0.6) is 5.75 Å². The first-order valence-corrected chi connectivity index (χ1v) is 12.2. The van der Waals surface area contributed by atoms with Crippen LogP contribution in [0.1, 0.15) is 22.3 Å². The predicted octanol–water partition coefficient (Wildman–Crippen LogP) is 9.22. The Bertz CT molecular complexity index is 1710. The zero-order chi connectivity index (χ0) is 26.5. The Kier molecular flexibility index (Phi) is 6.89. The molecule has 38 heavy (non-hydrogen) atoms. The Morgan fingerprint density at radius 2 is 1.39 bits per heavy atom. The van der Waals surface area contributed by atoms with E-state index in [1.54, 1.807) is 7.11 Å². The number of ether oxygens (including phenoxy) is 1. The monoisotopic (exact) mass is 491 g/mol. The van der Waals surface area contributed by atoms with Gasteiger partial charge in [-0.2, -0.15) is 5.26 Å². The van der Waals surface area contributed by atoms with E-state index in [2.05, 4.69) is 52.2 Å². The van der Waals surface area contributed by atoms with Gasteiger partial charge in [-0.25, -0.2) is 4.85 Å². The van der Waals surface area contributed by atoms with Gasteiger partial charge in [0, 0.05) is 17.1 Å². The molecule has 0 unspecified atom stereocenters. The maximum atomic E-state index is 9.58. The summed E-state index contributed by atoms with van der Waals surface area (Å²) in [5.41, 5.74) is 7.07. The van der Waals surface area contributed by atoms with Gasteiger partial charge in [0.25, 0.3) is 0 Å². The van der Waals surface area contributed by atoms with Gasteiger partial charge in [-0.05, 0) is 82.9 Å². The lowest BCUT2D eigenvalue weighted by atomic mass is 9.96. The van der Waals surface area contributed by atoms with Crippen molar-refractivity contribution in [3.8, 4) is 11.8 Å². The minimum atomic E-state index is 0.557. The summed E-state index contributed by atoms with van der Waals surface area (Å²) in [6.07, 6.45) is 3.98. The molecule has 0 atom stereocenters. The topological polar surface area (TPSA) is 40.6 Å². The van der Waals surface area contributed by atoms with E-state index in [9.17, 15) is 5.26 Å². The summed E-state index contributed by atoms with van der Waals surface area (Å²) in [7, 11) is 1.67. The molecule has 182 valence electrons. The lowest BCUT2D eigenvalue weighted by Crippen LogP contribution is -2.09. The molecule has 0 aliphatic carbocycles. The third-order valence-corrected chi connectivity index (χ3v) is 6.59. The standard InChI is InChI=1S/C34H25N3O/c1-24-9-21-32-31(33(24)23-35)22-14-26(34(32)36-2)13-10-25-11-15-28(16-12-25)37(27-7-5-4-6-8-27)29-17-19-30(38-3)20-18-29/h4-22H,1,3H3. The zero-order valence-corrected chi connectivity index (χ0v) is 21.2. The minimum absolute atomic E-state index is 0.557. The van der Waals surface area contributed by atoms with Gasteiger partial charge < -0.3 is 9.64 Å². The molecule has 0 heterocycles. The van der Waals surface area contributed by atoms with Crippen molar-refractivity contribution in [2.45, 2.75) is 6.92 Å². The Balaban J connectivity index is 1.48. The molecule has 0 aliphatic rings. The number of benzene rings is 5. The van der Waals surface area contributed by atoms with Gasteiger partial charge in [0.15, 0.2) is 0 Å². The molecule has 5 rings (SSSR count). The molecule has 0 bridgehead atoms. The van der Waals surface area contributed by atoms with E-state index in [4.69, 9.17) is 11.3 Å². The highest BCUT2D eigenvalue weighted by molar-refractivity contribution is 6.02. The second-order valence-corrected chi connectivity index (χ2v) is 8.87. The fourth-order valence-corrected chi connectivity index (χ4v) is 4.60. The Morgan fingerprint density at radius 3 is 2.03 bits per heavy atom. The number of methoxy groups -OCH3 is 1. The van der Waals surface area contributed by atoms with Gasteiger partial charge in [0.1, 0.15) is 5.75 Å². The second-order valence-electron chi connectivity index (χ2n) is 8.87. The molecule has 5 aromatic rings. The first-order valence-electron chi connectivity index (χ1n) is 12.2. The number of anilines is 3. The van der Waals surface area contributed by atoms with Crippen LogP contribution in [0, 0.1) is 24.8 Å². The summed E-state index contributed by atoms with van der Waals surface area (Å²) in [5.74, 6) is 0.814. The van der Waals surface area contributed by atoms with Gasteiger partial charge in [0.2, 0.25) is 5.69 Å². The number of fused-ring (bicyclic) bond motifs is 1. The lowest BCUT2D eigenvalue weighted by molar-refractivity contribution is 0.415. The van der Waals surface area contributed by atoms with Crippen LogP contribution in [-0.2, 0) is 0 Å². The maximum absolute atomic E-state index is 9.58. The van der Waals surface area contributed by atoms with Crippen LogP contribution in [0.15, 0.2) is 103 Å². The van der Waals surface area contributed by atoms with E-state index in [-0.39, 0.29) is 0 Å². The highest BCUT2D eigenvalue weighted by Crippen LogP contribution is 2.36. The highest BCUT2D eigenvalue weighted by atomic mass is 16.5. The van der Waals surface area contributed by atoms with Gasteiger partial charge in [-0.3, -0.25) is 0 Å². The lowest BCUT2D eigenvalue weighted by Gasteiger charge is -2.25. The molecule has 0 aromatic heterocycles. The number of aryl methyl sites for hydroxylation is 1. The van der Waals surface area contributed by atoms with Crippen molar-refractivity contribution in [3.63, 3.8) is 0 Å². The quantitative estimate of drug-likeness (QED) is 0.176. The van der Waals surface area contributed by atoms with Crippen LogP contribution in [0.3, 0.4) is 0 Å². The molecule has 0 aliphatic heterocycles. The van der Waals surface area contributed by atoms with E-state index >= 15 is 0 Å². The first-order chi connectivity index (χ1) is 18.6. The van der Waals surface area contributed by atoms with Crippen molar-refractivity contribution in [1.82, 2.24) is 0 Å². The summed E-state index contributed by atoms with van der Waals surface area (Å²) in [6.45, 7) is 9.71. The number of nitriles is 1. The average molecular weight is 492 g/mol. The summed E-state index contributed by atoms with van der Waals surface area (Å²) >= 11 is 0. The fourth-order valence-electron chi connectivity index (χ4n) is 4.60. The molecule has 4 heteroatoms. The van der Waals surface area contributed by atoms with Crippen molar-refractivity contribution >= 4 is 45.7 Å². The maximum Gasteiger partial charge on any atom is 0.202 e. The average Bonchev–Trinajstić information content (AvgIpc) is 2.97. The van der Waals surface area contributed by atoms with Crippen LogP contribution < -0.4 is 9.64 Å². The summed E-state index contributed by atoms with van der Waals surface area (Å²) in [5, 5.41) is 11.2. The normalized spacial score (nSPS) is 10.7. The van der Waals surface area contributed by atoms with Crippen LogP contribution >= 0.6 is 0 Å². The third-order valence-electron chi connectivity index (χ3n) is 6.59. The molecule has 5 aromatic carbocycles. The summed E-state index contributed by atoms with van der Waals surface area (Å²) < 4.78 is 5.34. The molecule has 0 spiro atoms. The Morgan fingerprint density at radius 1 is 0.763 bits per heavy atom. The van der Waals surface area contributed by atoms with Crippen molar-refractivity contribution < 1.29 is 4.74 Å². The summed E-state index contributed by atoms with van der Waals surface area (Å²) in [4.78, 5) is 6.00. The minimum Gasteiger partial charge on any atom is -0.497 e. The van der Waals surface area contributed by atoms with Crippen LogP contribution in [0.2, 0.25) is 0 Å². The largest absolute Gasteiger partial charge is 0.497 e. The fraction of sp³-hybridized carbons (Fsp3) is 0.0588. The summed E-state index contributed by atoms with van der Waals surface area (Å²) in [6, 6.07) is 36.6. The van der Waals surface area contributed by atoms with Gasteiger partial charge in [0.05, 0.1) is 25.3 Å². The van der Waals surface area contributed by atoms with E-state index in [1.165, 1.54) is 0 Å². The molecular formula is C34H25N3O. The van der Waals surface area contributed by atoms with Gasteiger partial charge in [-0.15, -0.1) is 0 Å². The Hall–Kier alpha value is -5.32. The molecule has 0 N–H and O–H groups in total. The van der Waals surface area contributed by atoms with Crippen LogP contribution in [0.4, 0.5) is 22.7 Å². The molecule has 0 amide bonds. The van der Waals surface area contributed by atoms with Crippen molar-refractivity contribution in [3.05, 3.63) is 137 Å². The van der Waals surface area contributed by atoms with E-state index < -0.39 is 0 Å². The molecule has 0 saturated heterocycles. The second kappa shape index (κ2) is 10.7.